The van der Waals surface area contributed by atoms with Crippen molar-refractivity contribution in [2.45, 2.75) is 57.4 Å². The Morgan fingerprint density at radius 1 is 0.909 bits per heavy atom. The largest absolute Gasteiger partial charge is 0.352 e. The molecule has 3 aliphatic rings. The number of rotatable bonds is 4. The Balaban J connectivity index is 1.44. The fourth-order valence-corrected chi connectivity index (χ4v) is 3.59. The standard InChI is InChI=1S/C17H29N3O2/c21-16(20-10-3-1-2-4-11-20)13-19-9-5-6-15(12-19)18-17(22)14-7-8-14/h14-15H,1-13H2,(H,18,22). The quantitative estimate of drug-likeness (QED) is 0.854. The van der Waals surface area contributed by atoms with E-state index in [2.05, 4.69) is 10.2 Å². The Labute approximate surface area is 133 Å². The molecule has 0 radical (unpaired) electrons. The van der Waals surface area contributed by atoms with Gasteiger partial charge < -0.3 is 10.2 Å². The van der Waals surface area contributed by atoms with Crippen molar-refractivity contribution in [2.75, 3.05) is 32.7 Å². The van der Waals surface area contributed by atoms with Crippen LogP contribution in [0.15, 0.2) is 0 Å². The van der Waals surface area contributed by atoms with Crippen molar-refractivity contribution in [1.82, 2.24) is 15.1 Å². The number of carbonyl (C=O) groups excluding carboxylic acids is 2. The lowest BCUT2D eigenvalue weighted by Gasteiger charge is -2.34. The lowest BCUT2D eigenvalue weighted by Crippen LogP contribution is -2.51. The maximum atomic E-state index is 12.5. The van der Waals surface area contributed by atoms with Gasteiger partial charge in [-0.05, 0) is 45.1 Å². The normalized spacial score (nSPS) is 27.3. The van der Waals surface area contributed by atoms with Crippen LogP contribution in [0.3, 0.4) is 0 Å². The van der Waals surface area contributed by atoms with Gasteiger partial charge in [-0.15, -0.1) is 0 Å². The van der Waals surface area contributed by atoms with E-state index in [1.54, 1.807) is 0 Å². The molecule has 1 atom stereocenters. The van der Waals surface area contributed by atoms with Crippen molar-refractivity contribution >= 4 is 11.8 Å². The molecule has 1 aliphatic carbocycles. The molecule has 3 rings (SSSR count). The molecule has 1 unspecified atom stereocenters. The predicted octanol–water partition coefficient (Wildman–Crippen LogP) is 1.38. The summed E-state index contributed by atoms with van der Waals surface area (Å²) in [5.74, 6) is 0.774. The zero-order valence-electron chi connectivity index (χ0n) is 13.6. The zero-order valence-corrected chi connectivity index (χ0v) is 13.6. The maximum Gasteiger partial charge on any atom is 0.236 e. The fraction of sp³-hybridized carbons (Fsp3) is 0.882. The second kappa shape index (κ2) is 7.44. The topological polar surface area (TPSA) is 52.7 Å². The summed E-state index contributed by atoms with van der Waals surface area (Å²) in [6, 6.07) is 0.235. The number of amides is 2. The van der Waals surface area contributed by atoms with Crippen LogP contribution in [0.2, 0.25) is 0 Å². The highest BCUT2D eigenvalue weighted by atomic mass is 16.2. The number of nitrogens with one attached hydrogen (secondary N) is 1. The molecule has 22 heavy (non-hydrogen) atoms. The minimum absolute atomic E-state index is 0.227. The number of hydrogen-bond donors (Lipinski definition) is 1. The molecule has 5 heteroatoms. The lowest BCUT2D eigenvalue weighted by molar-refractivity contribution is -0.132. The van der Waals surface area contributed by atoms with Crippen molar-refractivity contribution in [1.29, 1.82) is 0 Å². The molecule has 0 aromatic carbocycles. The SMILES string of the molecule is O=C(NC1CCCN(CC(=O)N2CCCCCC2)C1)C1CC1. The van der Waals surface area contributed by atoms with Gasteiger partial charge in [0.1, 0.15) is 0 Å². The monoisotopic (exact) mass is 307 g/mol. The number of piperidine rings is 1. The van der Waals surface area contributed by atoms with E-state index in [9.17, 15) is 9.59 Å². The summed E-state index contributed by atoms with van der Waals surface area (Å²) in [7, 11) is 0. The van der Waals surface area contributed by atoms with Crippen molar-refractivity contribution < 1.29 is 9.59 Å². The number of hydrogen-bond acceptors (Lipinski definition) is 3. The molecule has 2 amide bonds. The van der Waals surface area contributed by atoms with Crippen LogP contribution in [0.25, 0.3) is 0 Å². The van der Waals surface area contributed by atoms with Gasteiger partial charge in [-0.3, -0.25) is 14.5 Å². The van der Waals surface area contributed by atoms with Crippen molar-refractivity contribution in [2.24, 2.45) is 5.92 Å². The van der Waals surface area contributed by atoms with Gasteiger partial charge in [0.05, 0.1) is 6.54 Å². The first-order valence-electron chi connectivity index (χ1n) is 9.03. The van der Waals surface area contributed by atoms with Gasteiger partial charge in [-0.2, -0.15) is 0 Å². The van der Waals surface area contributed by atoms with Crippen molar-refractivity contribution in [3.63, 3.8) is 0 Å². The first-order valence-corrected chi connectivity index (χ1v) is 9.03. The van der Waals surface area contributed by atoms with Gasteiger partial charge >= 0.3 is 0 Å². The molecule has 0 bridgehead atoms. The van der Waals surface area contributed by atoms with E-state index in [1.807, 2.05) is 4.90 Å². The zero-order chi connectivity index (χ0) is 15.4. The molecule has 1 N–H and O–H groups in total. The summed E-state index contributed by atoms with van der Waals surface area (Å²) < 4.78 is 0. The van der Waals surface area contributed by atoms with Gasteiger partial charge in [-0.1, -0.05) is 12.8 Å². The van der Waals surface area contributed by atoms with Crippen LogP contribution in [0, 0.1) is 5.92 Å². The Bertz CT molecular complexity index is 401. The molecular weight excluding hydrogens is 278 g/mol. The third-order valence-electron chi connectivity index (χ3n) is 5.12. The molecule has 2 heterocycles. The summed E-state index contributed by atoms with van der Waals surface area (Å²) in [6.07, 6.45) is 9.02. The van der Waals surface area contributed by atoms with Crippen LogP contribution in [-0.2, 0) is 9.59 Å². The second-order valence-electron chi connectivity index (χ2n) is 7.15. The minimum atomic E-state index is 0.227. The van der Waals surface area contributed by atoms with Crippen LogP contribution >= 0.6 is 0 Å². The maximum absolute atomic E-state index is 12.5. The average Bonchev–Trinajstić information content (AvgIpc) is 3.34. The van der Waals surface area contributed by atoms with Crippen LogP contribution in [0.1, 0.15) is 51.4 Å². The van der Waals surface area contributed by atoms with E-state index in [1.165, 1.54) is 12.8 Å². The van der Waals surface area contributed by atoms with Crippen LogP contribution in [0.5, 0.6) is 0 Å². The number of nitrogens with zero attached hydrogens (tertiary/aromatic N) is 2. The number of likely N-dealkylation sites (tertiary alicyclic amines) is 2. The summed E-state index contributed by atoms with van der Waals surface area (Å²) in [5.41, 5.74) is 0. The number of carbonyl (C=O) groups is 2. The molecule has 2 saturated heterocycles. The second-order valence-corrected chi connectivity index (χ2v) is 7.15. The third kappa shape index (κ3) is 4.45. The highest BCUT2D eigenvalue weighted by molar-refractivity contribution is 5.81. The Kier molecular flexibility index (Phi) is 5.34. The van der Waals surface area contributed by atoms with Crippen LogP contribution in [-0.4, -0.2) is 60.4 Å². The molecule has 0 spiro atoms. The Morgan fingerprint density at radius 2 is 1.64 bits per heavy atom. The van der Waals surface area contributed by atoms with E-state index in [0.29, 0.717) is 6.54 Å². The molecule has 1 saturated carbocycles. The van der Waals surface area contributed by atoms with Gasteiger partial charge in [0.2, 0.25) is 11.8 Å². The third-order valence-corrected chi connectivity index (χ3v) is 5.12. The molecule has 3 fully saturated rings. The van der Waals surface area contributed by atoms with Crippen LogP contribution in [0.4, 0.5) is 0 Å². The molecule has 0 aromatic rings. The van der Waals surface area contributed by atoms with Crippen molar-refractivity contribution in [3.05, 3.63) is 0 Å². The van der Waals surface area contributed by atoms with Gasteiger partial charge in [0, 0.05) is 31.6 Å². The highest BCUT2D eigenvalue weighted by Gasteiger charge is 2.32. The van der Waals surface area contributed by atoms with E-state index >= 15 is 0 Å². The van der Waals surface area contributed by atoms with Gasteiger partial charge in [-0.25, -0.2) is 0 Å². The van der Waals surface area contributed by atoms with Gasteiger partial charge in [0.15, 0.2) is 0 Å². The summed E-state index contributed by atoms with van der Waals surface area (Å²) >= 11 is 0. The highest BCUT2D eigenvalue weighted by Crippen LogP contribution is 2.29. The van der Waals surface area contributed by atoms with E-state index in [-0.39, 0.29) is 23.8 Å². The fourth-order valence-electron chi connectivity index (χ4n) is 3.59. The molecule has 5 nitrogen and oxygen atoms in total. The van der Waals surface area contributed by atoms with E-state index < -0.39 is 0 Å². The smallest absolute Gasteiger partial charge is 0.236 e. The average molecular weight is 307 g/mol. The van der Waals surface area contributed by atoms with Crippen LogP contribution < -0.4 is 5.32 Å². The summed E-state index contributed by atoms with van der Waals surface area (Å²) in [4.78, 5) is 28.6. The Morgan fingerprint density at radius 3 is 2.32 bits per heavy atom. The first-order chi connectivity index (χ1) is 10.7. The molecular formula is C17H29N3O2. The van der Waals surface area contributed by atoms with E-state index in [0.717, 1.165) is 64.7 Å². The molecule has 0 aromatic heterocycles. The molecule has 2 aliphatic heterocycles. The predicted molar refractivity (Wildman–Crippen MR) is 85.4 cm³/mol. The Hall–Kier alpha value is -1.10. The minimum Gasteiger partial charge on any atom is -0.352 e. The molecule has 124 valence electrons. The summed E-state index contributed by atoms with van der Waals surface area (Å²) in [5, 5.41) is 3.17. The van der Waals surface area contributed by atoms with Crippen molar-refractivity contribution in [3.8, 4) is 0 Å². The van der Waals surface area contributed by atoms with Gasteiger partial charge in [0.25, 0.3) is 0 Å². The lowest BCUT2D eigenvalue weighted by atomic mass is 10.1. The summed E-state index contributed by atoms with van der Waals surface area (Å²) in [6.45, 7) is 4.19. The first kappa shape index (κ1) is 15.8. The van der Waals surface area contributed by atoms with E-state index in [4.69, 9.17) is 0 Å².